The van der Waals surface area contributed by atoms with Gasteiger partial charge in [0.2, 0.25) is 0 Å². The van der Waals surface area contributed by atoms with Gasteiger partial charge in [0.1, 0.15) is 0 Å². The van der Waals surface area contributed by atoms with Crippen molar-refractivity contribution in [2.75, 3.05) is 41.3 Å². The standard InChI is InChI=1S/C13H22N2/c1-14(2)9-7-12-5-6-13(11-12)8-10-15(3)4/h5-6H,7-10H2,1-4H3. The molecule has 0 fully saturated rings. The van der Waals surface area contributed by atoms with Crippen LogP contribution in [0.15, 0.2) is 29.0 Å². The first-order valence-corrected chi connectivity index (χ1v) is 5.54. The average Bonchev–Trinajstić information content (AvgIpc) is 2.59. The molecule has 0 amide bonds. The lowest BCUT2D eigenvalue weighted by Crippen LogP contribution is -2.13. The minimum Gasteiger partial charge on any atom is -0.309 e. The quantitative estimate of drug-likeness (QED) is 0.613. The second kappa shape index (κ2) is 5.92. The Morgan fingerprint density at radius 3 is 1.60 bits per heavy atom. The predicted octanol–water partition coefficient (Wildman–Crippen LogP) is 1.91. The van der Waals surface area contributed by atoms with Crippen LogP contribution in [0.25, 0.3) is 0 Å². The van der Waals surface area contributed by atoms with Crippen molar-refractivity contribution in [2.24, 2.45) is 0 Å². The molecule has 2 heteroatoms. The minimum atomic E-state index is 1.10. The second-order valence-electron chi connectivity index (χ2n) is 4.62. The van der Waals surface area contributed by atoms with E-state index < -0.39 is 0 Å². The Morgan fingerprint density at radius 1 is 0.867 bits per heavy atom. The Kier molecular flexibility index (Phi) is 4.83. The maximum Gasteiger partial charge on any atom is 0.00218 e. The van der Waals surface area contributed by atoms with Gasteiger partial charge >= 0.3 is 0 Å². The van der Waals surface area contributed by atoms with Gasteiger partial charge in [-0.25, -0.2) is 0 Å². The molecular weight excluding hydrogens is 184 g/mol. The molecule has 0 spiro atoms. The molecule has 1 rings (SSSR count). The van der Waals surface area contributed by atoms with Crippen molar-refractivity contribution in [2.45, 2.75) is 12.8 Å². The summed E-state index contributed by atoms with van der Waals surface area (Å²) in [6.07, 6.45) is 6.62. The van der Waals surface area contributed by atoms with Gasteiger partial charge in [-0.3, -0.25) is 0 Å². The van der Waals surface area contributed by atoms with Crippen LogP contribution in [0, 0.1) is 0 Å². The molecule has 0 aliphatic heterocycles. The minimum absolute atomic E-state index is 1.10. The first kappa shape index (κ1) is 12.3. The molecule has 0 atom stereocenters. The molecule has 0 unspecified atom stereocenters. The number of nitrogens with zero attached hydrogens (tertiary/aromatic N) is 2. The number of hydrogen-bond acceptors (Lipinski definition) is 2. The van der Waals surface area contributed by atoms with E-state index in [0.717, 1.165) is 25.9 Å². The van der Waals surface area contributed by atoms with E-state index in [2.05, 4.69) is 55.9 Å². The van der Waals surface area contributed by atoms with Gasteiger partial charge in [-0.1, -0.05) is 12.2 Å². The Morgan fingerprint density at radius 2 is 1.27 bits per heavy atom. The highest BCUT2D eigenvalue weighted by Gasteiger charge is 2.02. The monoisotopic (exact) mass is 206 g/mol. The molecule has 2 nitrogen and oxygen atoms in total. The Bertz CT molecular complexity index is 266. The SMILES string of the molecule is CN(C)CCC1=C=C(CCN(C)C)C=C1. The Balaban J connectivity index is 2.40. The van der Waals surface area contributed by atoms with Crippen LogP contribution < -0.4 is 0 Å². The summed E-state index contributed by atoms with van der Waals surface area (Å²) in [5, 5.41) is 0. The van der Waals surface area contributed by atoms with Crippen LogP contribution in [0.4, 0.5) is 0 Å². The summed E-state index contributed by atoms with van der Waals surface area (Å²) in [7, 11) is 8.43. The third-order valence-corrected chi connectivity index (χ3v) is 2.46. The maximum atomic E-state index is 3.47. The summed E-state index contributed by atoms with van der Waals surface area (Å²) >= 11 is 0. The topological polar surface area (TPSA) is 6.48 Å². The van der Waals surface area contributed by atoms with Crippen molar-refractivity contribution in [3.05, 3.63) is 29.0 Å². The molecule has 0 saturated carbocycles. The Hall–Kier alpha value is -0.820. The van der Waals surface area contributed by atoms with Gasteiger partial charge < -0.3 is 9.80 Å². The van der Waals surface area contributed by atoms with E-state index in [4.69, 9.17) is 0 Å². The lowest BCUT2D eigenvalue weighted by Gasteiger charge is -2.07. The van der Waals surface area contributed by atoms with Gasteiger partial charge in [-0.15, -0.1) is 5.73 Å². The zero-order valence-corrected chi connectivity index (χ0v) is 10.4. The van der Waals surface area contributed by atoms with Crippen LogP contribution >= 0.6 is 0 Å². The van der Waals surface area contributed by atoms with Gasteiger partial charge in [0.25, 0.3) is 0 Å². The van der Waals surface area contributed by atoms with Crippen LogP contribution in [-0.2, 0) is 0 Å². The first-order chi connectivity index (χ1) is 7.08. The summed E-state index contributed by atoms with van der Waals surface area (Å²) in [6.45, 7) is 2.21. The normalized spacial score (nSPS) is 15.1. The van der Waals surface area contributed by atoms with Crippen molar-refractivity contribution in [3.8, 4) is 0 Å². The molecule has 0 radical (unpaired) electrons. The molecule has 15 heavy (non-hydrogen) atoms. The smallest absolute Gasteiger partial charge is 0.00218 e. The van der Waals surface area contributed by atoms with Crippen molar-refractivity contribution in [1.82, 2.24) is 9.80 Å². The molecule has 0 saturated heterocycles. The molecule has 1 aliphatic rings. The van der Waals surface area contributed by atoms with Crippen molar-refractivity contribution in [1.29, 1.82) is 0 Å². The van der Waals surface area contributed by atoms with E-state index >= 15 is 0 Å². The maximum absolute atomic E-state index is 3.47. The summed E-state index contributed by atoms with van der Waals surface area (Å²) in [5.74, 6) is 0. The van der Waals surface area contributed by atoms with E-state index in [1.807, 2.05) is 0 Å². The highest BCUT2D eigenvalue weighted by atomic mass is 15.0. The lowest BCUT2D eigenvalue weighted by atomic mass is 10.2. The third kappa shape index (κ3) is 4.98. The van der Waals surface area contributed by atoms with Crippen molar-refractivity contribution >= 4 is 0 Å². The third-order valence-electron chi connectivity index (χ3n) is 2.46. The number of rotatable bonds is 6. The van der Waals surface area contributed by atoms with Crippen LogP contribution in [-0.4, -0.2) is 51.1 Å². The van der Waals surface area contributed by atoms with Crippen LogP contribution in [0.2, 0.25) is 0 Å². The first-order valence-electron chi connectivity index (χ1n) is 5.54. The van der Waals surface area contributed by atoms with Gasteiger partial charge in [0.05, 0.1) is 0 Å². The molecule has 84 valence electrons. The summed E-state index contributed by atoms with van der Waals surface area (Å²) in [4.78, 5) is 4.42. The average molecular weight is 206 g/mol. The van der Waals surface area contributed by atoms with E-state index in [1.165, 1.54) is 11.1 Å². The van der Waals surface area contributed by atoms with Gasteiger partial charge in [0, 0.05) is 13.1 Å². The zero-order valence-electron chi connectivity index (χ0n) is 10.4. The molecule has 0 heterocycles. The van der Waals surface area contributed by atoms with Crippen molar-refractivity contribution in [3.63, 3.8) is 0 Å². The molecule has 0 N–H and O–H groups in total. The van der Waals surface area contributed by atoms with Gasteiger partial charge in [0.15, 0.2) is 0 Å². The summed E-state index contributed by atoms with van der Waals surface area (Å²) in [5.41, 5.74) is 6.16. The largest absolute Gasteiger partial charge is 0.309 e. The van der Waals surface area contributed by atoms with E-state index in [-0.39, 0.29) is 0 Å². The summed E-state index contributed by atoms with van der Waals surface area (Å²) in [6, 6.07) is 0. The fraction of sp³-hybridized carbons (Fsp3) is 0.615. The van der Waals surface area contributed by atoms with Crippen LogP contribution in [0.3, 0.4) is 0 Å². The van der Waals surface area contributed by atoms with E-state index in [0.29, 0.717) is 0 Å². The predicted molar refractivity (Wildman–Crippen MR) is 66.0 cm³/mol. The second-order valence-corrected chi connectivity index (χ2v) is 4.62. The van der Waals surface area contributed by atoms with Crippen LogP contribution in [0.5, 0.6) is 0 Å². The summed E-state index contributed by atoms with van der Waals surface area (Å²) < 4.78 is 0. The fourth-order valence-corrected chi connectivity index (χ4v) is 1.47. The molecule has 1 aliphatic carbocycles. The van der Waals surface area contributed by atoms with E-state index in [9.17, 15) is 0 Å². The van der Waals surface area contributed by atoms with Crippen molar-refractivity contribution < 1.29 is 0 Å². The highest BCUT2D eigenvalue weighted by molar-refractivity contribution is 5.36. The zero-order chi connectivity index (χ0) is 11.3. The lowest BCUT2D eigenvalue weighted by molar-refractivity contribution is 0.414. The molecule has 0 aromatic carbocycles. The van der Waals surface area contributed by atoms with Gasteiger partial charge in [-0.2, -0.15) is 0 Å². The van der Waals surface area contributed by atoms with E-state index in [1.54, 1.807) is 0 Å². The Labute approximate surface area is 93.6 Å². The molecule has 0 aromatic rings. The van der Waals surface area contributed by atoms with Crippen LogP contribution in [0.1, 0.15) is 12.8 Å². The molecule has 0 bridgehead atoms. The number of hydrogen-bond donors (Lipinski definition) is 0. The highest BCUT2D eigenvalue weighted by Crippen LogP contribution is 2.15. The fourth-order valence-electron chi connectivity index (χ4n) is 1.47. The molecule has 0 aromatic heterocycles. The molecular formula is C13H22N2. The number of allylic oxidation sites excluding steroid dienone is 2. The van der Waals surface area contributed by atoms with Gasteiger partial charge in [-0.05, 0) is 52.2 Å².